The Balaban J connectivity index is 0.934. The fraction of sp³-hybridized carbons (Fsp3) is 0.971. The van der Waals surface area contributed by atoms with Gasteiger partial charge < -0.3 is 279 Å². The monoisotopic (exact) mass is 1880 g/mol. The molecular weight excluding hydrogens is 1760 g/mol. The SMILES string of the molecule is CC(=O)N[C@H]1[C@H](O[C@H]2[C@H](O)[C@@H](NC(C)=O)C(O)O[C@@H]2CO)O[C@H](CO)[C@@H](O[C@@H]2O[C@H](CO[C@H]3O[C@H](CO[C@H]4O[C@H](CO)[C@@H](O)[C@H](O)[C@@H]4O[C@H]4O[C@H](CO)[C@@H](O)[C@H](O)[C@@H]4O)[C@@H](O)[C@H](O[C@H]4O[C@H](CO)[C@@H](O)[C@H](O)[C@@H]4O)[C@@H]3O)[C@@H](O)[C@H](O[C@H]3O[C@H](CO)[C@@H](O)[C@H](O)[C@@H]3O[C@H]3O[C@H](CO)[C@@H](O)[C@H](O)[C@@H]3O[C@H]3O[C@H](CO)[C@@H](O)[C@H](O[C@H]4O[C@H](CO)[C@@H](O)[C@H](O)[C@H]4O)[C@@H]3O)[C@@H]2O)[C@@H]1O. The number of rotatable bonds is 33. The van der Waals surface area contributed by atoms with Gasteiger partial charge in [-0.2, -0.15) is 0 Å². The van der Waals surface area contributed by atoms with Crippen LogP contribution in [0.4, 0.5) is 0 Å². The molecular formula is C70H118N2O56. The van der Waals surface area contributed by atoms with Gasteiger partial charge in [0.05, 0.1) is 72.7 Å². The maximum absolute atomic E-state index is 13.1. The van der Waals surface area contributed by atoms with Crippen molar-refractivity contribution in [3.63, 3.8) is 0 Å². The first-order valence-corrected chi connectivity index (χ1v) is 40.7. The van der Waals surface area contributed by atoms with Gasteiger partial charge in [0.15, 0.2) is 69.2 Å². The molecule has 58 nitrogen and oxygen atoms in total. The Morgan fingerprint density at radius 1 is 0.203 bits per heavy atom. The molecule has 0 aromatic carbocycles. The molecule has 128 heavy (non-hydrogen) atoms. The molecule has 58 heteroatoms. The largest absolute Gasteiger partial charge is 0.394 e. The lowest BCUT2D eigenvalue weighted by atomic mass is 9.94. The average Bonchev–Trinajstić information content (AvgIpc) is 0.753. The Kier molecular flexibility index (Phi) is 37.7. The van der Waals surface area contributed by atoms with E-state index in [1.807, 2.05) is 0 Å². The van der Waals surface area contributed by atoms with Gasteiger partial charge in [-0.05, 0) is 0 Å². The molecule has 11 fully saturated rings. The highest BCUT2D eigenvalue weighted by atomic mass is 16.8. The summed E-state index contributed by atoms with van der Waals surface area (Å²) >= 11 is 0. The van der Waals surface area contributed by atoms with Crippen LogP contribution in [0.1, 0.15) is 13.8 Å². The van der Waals surface area contributed by atoms with Crippen molar-refractivity contribution in [1.29, 1.82) is 0 Å². The van der Waals surface area contributed by atoms with Gasteiger partial charge in [0.2, 0.25) is 11.8 Å². The number of hydrogen-bond acceptors (Lipinski definition) is 56. The molecule has 0 spiro atoms. The minimum absolute atomic E-state index is 0.822. The molecule has 11 aliphatic rings. The summed E-state index contributed by atoms with van der Waals surface area (Å²) in [5.74, 6) is -1.82. The van der Waals surface area contributed by atoms with Gasteiger partial charge in [0.25, 0.3) is 0 Å². The zero-order valence-electron chi connectivity index (χ0n) is 67.7. The molecule has 0 aliphatic carbocycles. The van der Waals surface area contributed by atoms with Crippen LogP contribution in [0.3, 0.4) is 0 Å². The van der Waals surface area contributed by atoms with Crippen molar-refractivity contribution >= 4 is 11.8 Å². The molecule has 11 aliphatic heterocycles. The van der Waals surface area contributed by atoms with Gasteiger partial charge in [-0.25, -0.2) is 0 Å². The third kappa shape index (κ3) is 22.5. The van der Waals surface area contributed by atoms with E-state index < -0.39 is 422 Å². The topological polar surface area (TPSA) is 920 Å². The zero-order valence-corrected chi connectivity index (χ0v) is 67.7. The van der Waals surface area contributed by atoms with E-state index in [-0.39, 0.29) is 0 Å². The molecule has 35 N–H and O–H groups in total. The van der Waals surface area contributed by atoms with Crippen LogP contribution in [0.5, 0.6) is 0 Å². The fourth-order valence-corrected chi connectivity index (χ4v) is 16.5. The van der Waals surface area contributed by atoms with Crippen LogP contribution < -0.4 is 10.6 Å². The summed E-state index contributed by atoms with van der Waals surface area (Å²) in [7, 11) is 0. The smallest absolute Gasteiger partial charge is 0.217 e. The molecule has 0 radical (unpaired) electrons. The number of carbonyl (C=O) groups excluding carboxylic acids is 2. The first-order chi connectivity index (χ1) is 60.7. The van der Waals surface area contributed by atoms with Crippen LogP contribution in [-0.4, -0.2) is 591 Å². The number of ether oxygens (including phenoxy) is 21. The number of nitrogens with one attached hydrogen (secondary N) is 2. The summed E-state index contributed by atoms with van der Waals surface area (Å²) < 4.78 is 123. The average molecular weight is 1880 g/mol. The summed E-state index contributed by atoms with van der Waals surface area (Å²) in [4.78, 5) is 25.3. The minimum Gasteiger partial charge on any atom is -0.394 e. The Bertz CT molecular complexity index is 3380. The van der Waals surface area contributed by atoms with Crippen LogP contribution in [0.2, 0.25) is 0 Å². The van der Waals surface area contributed by atoms with Crippen LogP contribution in [0, 0.1) is 0 Å². The molecule has 55 atom stereocenters. The second-order valence-corrected chi connectivity index (χ2v) is 32.3. The van der Waals surface area contributed by atoms with Crippen molar-refractivity contribution < 1.29 is 278 Å². The number of amides is 2. The standard InChI is InChI=1S/C70H118N2O56/c1-14(82)71-27-38(93)52(23(10-80)110-60(27)107)121-61-28(72-15(2)83)39(94)53(24(11-81)118-61)122-67-51(106)56(125-69-59(45(100)34(89)20(7-77)116-69)128-70-58(44(99)33(88)21(8-78)117-70)127-66-50(105)54(35(90)22(9-79)114-66)123-63-46(101)40(95)29(84)16(3-73)111-63)37(92)26(120-67)12-108-62-49(104)55(124-64-47(102)41(96)30(85)17(4-74)112-64)36(91)25(119-62)13-109-68-57(43(98)32(87)19(6-76)115-68)126-65-48(103)42(97)31(86)18(5-75)113-65/h16-70,73-81,84-107H,3-13H2,1-2H3,(H,71,82)(H,72,83)/t16-,17-,18-,19-,20-,21-,22-,23-,24-,25-,26-,27-,28-,29-,30-,31-,32-,33-,34-,35-,36-,37-,38-,39-,40+,41+,42+,43+,44+,45+,46-,47+,48+,49+,50+,51+,52-,53-,54+,55+,56+,57+,58+,59+,60?,61+,62+,63-,64-,65-,66-,67+,68+,69-,70-/m1/s1. The van der Waals surface area contributed by atoms with Crippen LogP contribution in [0.15, 0.2) is 0 Å². The lowest BCUT2D eigenvalue weighted by Crippen LogP contribution is -2.70. The molecule has 11 heterocycles. The van der Waals surface area contributed by atoms with Gasteiger partial charge >= 0.3 is 0 Å². The molecule has 2 amide bonds. The van der Waals surface area contributed by atoms with Crippen molar-refractivity contribution in [3.05, 3.63) is 0 Å². The van der Waals surface area contributed by atoms with Crippen LogP contribution >= 0.6 is 0 Å². The Hall–Kier alpha value is -3.22. The number of carbonyl (C=O) groups is 2. The summed E-state index contributed by atoms with van der Waals surface area (Å²) in [6, 6.07) is -3.70. The molecule has 11 saturated heterocycles. The Labute approximate surface area is 722 Å². The van der Waals surface area contributed by atoms with Crippen molar-refractivity contribution in [2.24, 2.45) is 0 Å². The van der Waals surface area contributed by atoms with E-state index in [2.05, 4.69) is 10.6 Å². The van der Waals surface area contributed by atoms with Gasteiger partial charge in [0, 0.05) is 13.8 Å². The highest BCUT2D eigenvalue weighted by Crippen LogP contribution is 2.42. The summed E-state index contributed by atoms with van der Waals surface area (Å²) in [5.41, 5.74) is 0. The van der Waals surface area contributed by atoms with Gasteiger partial charge in [-0.15, -0.1) is 0 Å². The normalized spacial score (nSPS) is 51.7. The second-order valence-electron chi connectivity index (χ2n) is 32.3. The number of hydrogen-bond donors (Lipinski definition) is 35. The summed E-state index contributed by atoms with van der Waals surface area (Å²) in [6.45, 7) is -10.7. The van der Waals surface area contributed by atoms with Gasteiger partial charge in [0.1, 0.15) is 268 Å². The Morgan fingerprint density at radius 2 is 0.430 bits per heavy atom. The van der Waals surface area contributed by atoms with E-state index in [9.17, 15) is 178 Å². The molecule has 0 aromatic heterocycles. The molecule has 744 valence electrons. The van der Waals surface area contributed by atoms with E-state index in [4.69, 9.17) is 99.5 Å². The second kappa shape index (κ2) is 45.8. The number of aliphatic hydroxyl groups is 33. The molecule has 0 aromatic rings. The van der Waals surface area contributed by atoms with E-state index in [0.717, 1.165) is 13.8 Å². The third-order valence-electron chi connectivity index (χ3n) is 23.8. The summed E-state index contributed by atoms with van der Waals surface area (Å²) in [5, 5.41) is 372. The maximum Gasteiger partial charge on any atom is 0.217 e. The van der Waals surface area contributed by atoms with Gasteiger partial charge in [-0.1, -0.05) is 0 Å². The molecule has 11 rings (SSSR count). The van der Waals surface area contributed by atoms with E-state index in [0.29, 0.717) is 0 Å². The summed E-state index contributed by atoms with van der Waals surface area (Å²) in [6.07, 6.45) is -116. The quantitative estimate of drug-likeness (QED) is 0.0290. The van der Waals surface area contributed by atoms with Crippen molar-refractivity contribution in [2.75, 3.05) is 72.7 Å². The molecule has 0 saturated carbocycles. The lowest BCUT2D eigenvalue weighted by molar-refractivity contribution is -0.411. The van der Waals surface area contributed by atoms with Crippen LogP contribution in [-0.2, 0) is 109 Å². The predicted octanol–water partition coefficient (Wildman–Crippen LogP) is -24.7. The van der Waals surface area contributed by atoms with Crippen molar-refractivity contribution in [1.82, 2.24) is 10.6 Å². The lowest BCUT2D eigenvalue weighted by Gasteiger charge is -2.51. The zero-order chi connectivity index (χ0) is 94.0. The molecule has 1 unspecified atom stereocenters. The van der Waals surface area contributed by atoms with E-state index in [1.54, 1.807) is 0 Å². The minimum atomic E-state index is -2.69. The Morgan fingerprint density at radius 3 is 0.797 bits per heavy atom. The third-order valence-corrected chi connectivity index (χ3v) is 23.8. The highest BCUT2D eigenvalue weighted by molar-refractivity contribution is 5.73. The van der Waals surface area contributed by atoms with Crippen LogP contribution in [0.25, 0.3) is 0 Å². The van der Waals surface area contributed by atoms with E-state index in [1.165, 1.54) is 0 Å². The van der Waals surface area contributed by atoms with Crippen molar-refractivity contribution in [2.45, 2.75) is 351 Å². The first kappa shape index (κ1) is 105. The number of aliphatic hydroxyl groups excluding tert-OH is 33. The first-order valence-electron chi connectivity index (χ1n) is 40.7. The van der Waals surface area contributed by atoms with E-state index >= 15 is 0 Å². The predicted molar refractivity (Wildman–Crippen MR) is 386 cm³/mol. The fourth-order valence-electron chi connectivity index (χ4n) is 16.5. The highest BCUT2D eigenvalue weighted by Gasteiger charge is 2.62. The van der Waals surface area contributed by atoms with Crippen molar-refractivity contribution in [3.8, 4) is 0 Å². The van der Waals surface area contributed by atoms with Gasteiger partial charge in [-0.3, -0.25) is 9.59 Å². The molecule has 0 bridgehead atoms. The maximum atomic E-state index is 13.1.